The van der Waals surface area contributed by atoms with Crippen LogP contribution in [0.15, 0.2) is 42.6 Å². The zero-order chi connectivity index (χ0) is 14.8. The summed E-state index contributed by atoms with van der Waals surface area (Å²) in [6, 6.07) is 11.6. The van der Waals surface area contributed by atoms with Gasteiger partial charge in [0.25, 0.3) is 5.91 Å². The van der Waals surface area contributed by atoms with Crippen molar-refractivity contribution in [2.75, 3.05) is 14.1 Å². The molecule has 3 rings (SSSR count). The van der Waals surface area contributed by atoms with Gasteiger partial charge < -0.3 is 9.64 Å². The number of nitrogens with zero attached hydrogens (tertiary/aromatic N) is 2. The molecule has 0 saturated heterocycles. The lowest BCUT2D eigenvalue weighted by molar-refractivity contribution is 0.0827. The second kappa shape index (κ2) is 5.56. The molecule has 0 radical (unpaired) electrons. The molecule has 1 aromatic carbocycles. The van der Waals surface area contributed by atoms with Gasteiger partial charge in [-0.05, 0) is 42.5 Å². The van der Waals surface area contributed by atoms with E-state index in [0.29, 0.717) is 11.4 Å². The van der Waals surface area contributed by atoms with Gasteiger partial charge in [-0.25, -0.2) is 4.98 Å². The first kappa shape index (κ1) is 13.6. The van der Waals surface area contributed by atoms with E-state index < -0.39 is 0 Å². The van der Waals surface area contributed by atoms with Crippen molar-refractivity contribution in [2.45, 2.75) is 18.8 Å². The highest BCUT2D eigenvalue weighted by atomic mass is 16.5. The van der Waals surface area contributed by atoms with Gasteiger partial charge in [-0.2, -0.15) is 0 Å². The number of hydrogen-bond donors (Lipinski definition) is 0. The van der Waals surface area contributed by atoms with Crippen LogP contribution in [0.2, 0.25) is 0 Å². The van der Waals surface area contributed by atoms with Crippen molar-refractivity contribution >= 4 is 5.91 Å². The molecular formula is C17H18N2O2. The summed E-state index contributed by atoms with van der Waals surface area (Å²) in [4.78, 5) is 17.5. The fraction of sp³-hybridized carbons (Fsp3) is 0.294. The largest absolute Gasteiger partial charge is 0.439 e. The van der Waals surface area contributed by atoms with Crippen molar-refractivity contribution in [1.29, 1.82) is 0 Å². The van der Waals surface area contributed by atoms with Crippen LogP contribution in [-0.2, 0) is 0 Å². The number of ether oxygens (including phenoxy) is 1. The lowest BCUT2D eigenvalue weighted by Gasteiger charge is -2.10. The highest BCUT2D eigenvalue weighted by molar-refractivity contribution is 5.93. The van der Waals surface area contributed by atoms with Gasteiger partial charge in [0.05, 0.1) is 5.56 Å². The summed E-state index contributed by atoms with van der Waals surface area (Å²) in [6.07, 6.45) is 4.13. The third-order valence-electron chi connectivity index (χ3n) is 3.54. The first-order valence-corrected chi connectivity index (χ1v) is 7.09. The summed E-state index contributed by atoms with van der Waals surface area (Å²) in [5.41, 5.74) is 1.93. The topological polar surface area (TPSA) is 42.4 Å². The number of hydrogen-bond acceptors (Lipinski definition) is 3. The molecule has 2 aromatic rings. The van der Waals surface area contributed by atoms with Gasteiger partial charge in [0, 0.05) is 26.4 Å². The van der Waals surface area contributed by atoms with E-state index >= 15 is 0 Å². The molecule has 1 aliphatic carbocycles. The summed E-state index contributed by atoms with van der Waals surface area (Å²) in [6.45, 7) is 0. The number of benzene rings is 1. The normalized spacial score (nSPS) is 13.8. The lowest BCUT2D eigenvalue weighted by atomic mass is 10.1. The van der Waals surface area contributed by atoms with E-state index in [2.05, 4.69) is 17.1 Å². The molecule has 1 aliphatic rings. The van der Waals surface area contributed by atoms with Crippen LogP contribution in [0.5, 0.6) is 11.6 Å². The van der Waals surface area contributed by atoms with Crippen LogP contribution in [0.3, 0.4) is 0 Å². The first-order valence-electron chi connectivity index (χ1n) is 7.09. The Bertz CT molecular complexity index is 629. The van der Waals surface area contributed by atoms with Gasteiger partial charge in [-0.1, -0.05) is 12.1 Å². The second-order valence-corrected chi connectivity index (χ2v) is 5.53. The zero-order valence-electron chi connectivity index (χ0n) is 12.2. The van der Waals surface area contributed by atoms with E-state index in [0.717, 1.165) is 11.7 Å². The van der Waals surface area contributed by atoms with Crippen LogP contribution >= 0.6 is 0 Å². The Hall–Kier alpha value is -2.36. The summed E-state index contributed by atoms with van der Waals surface area (Å²) < 4.78 is 5.69. The van der Waals surface area contributed by atoms with Crippen molar-refractivity contribution in [3.8, 4) is 11.6 Å². The predicted molar refractivity (Wildman–Crippen MR) is 80.7 cm³/mol. The number of pyridine rings is 1. The quantitative estimate of drug-likeness (QED) is 0.862. The van der Waals surface area contributed by atoms with E-state index in [1.807, 2.05) is 12.1 Å². The van der Waals surface area contributed by atoms with Crippen LogP contribution in [0, 0.1) is 0 Å². The van der Waals surface area contributed by atoms with Crippen molar-refractivity contribution in [2.24, 2.45) is 0 Å². The number of aromatic nitrogens is 1. The molecule has 0 unspecified atom stereocenters. The number of amides is 1. The van der Waals surface area contributed by atoms with Gasteiger partial charge >= 0.3 is 0 Å². The molecular weight excluding hydrogens is 264 g/mol. The Labute approximate surface area is 124 Å². The maximum atomic E-state index is 11.8. The molecule has 1 saturated carbocycles. The SMILES string of the molecule is CN(C)C(=O)c1ccc(Oc2ccc(C3CC3)cc2)nc1. The Morgan fingerprint density at radius 2 is 1.86 bits per heavy atom. The minimum Gasteiger partial charge on any atom is -0.439 e. The van der Waals surface area contributed by atoms with Gasteiger partial charge in [0.2, 0.25) is 5.88 Å². The van der Waals surface area contributed by atoms with Crippen molar-refractivity contribution in [1.82, 2.24) is 9.88 Å². The third kappa shape index (κ3) is 3.21. The standard InChI is InChI=1S/C17H18N2O2/c1-19(2)17(20)14-7-10-16(18-11-14)21-15-8-5-13(6-9-15)12-3-4-12/h5-12H,3-4H2,1-2H3. The smallest absolute Gasteiger partial charge is 0.254 e. The molecule has 1 fully saturated rings. The minimum absolute atomic E-state index is 0.0668. The number of carbonyl (C=O) groups excluding carboxylic acids is 1. The Morgan fingerprint density at radius 1 is 1.14 bits per heavy atom. The Morgan fingerprint density at radius 3 is 2.38 bits per heavy atom. The van der Waals surface area contributed by atoms with Crippen LogP contribution in [0.4, 0.5) is 0 Å². The van der Waals surface area contributed by atoms with Crippen molar-refractivity contribution < 1.29 is 9.53 Å². The van der Waals surface area contributed by atoms with Crippen LogP contribution in [0.25, 0.3) is 0 Å². The van der Waals surface area contributed by atoms with Crippen LogP contribution in [0.1, 0.15) is 34.7 Å². The molecule has 108 valence electrons. The monoisotopic (exact) mass is 282 g/mol. The number of rotatable bonds is 4. The fourth-order valence-electron chi connectivity index (χ4n) is 2.17. The van der Waals surface area contributed by atoms with Crippen molar-refractivity contribution in [3.05, 3.63) is 53.7 Å². The highest BCUT2D eigenvalue weighted by Crippen LogP contribution is 2.40. The molecule has 1 heterocycles. The van der Waals surface area contributed by atoms with Crippen molar-refractivity contribution in [3.63, 3.8) is 0 Å². The van der Waals surface area contributed by atoms with E-state index in [9.17, 15) is 4.79 Å². The summed E-state index contributed by atoms with van der Waals surface area (Å²) in [7, 11) is 3.43. The average molecular weight is 282 g/mol. The molecule has 0 bridgehead atoms. The average Bonchev–Trinajstić information content (AvgIpc) is 3.33. The second-order valence-electron chi connectivity index (χ2n) is 5.53. The van der Waals surface area contributed by atoms with E-state index in [-0.39, 0.29) is 5.91 Å². The van der Waals surface area contributed by atoms with Gasteiger partial charge in [-0.3, -0.25) is 4.79 Å². The lowest BCUT2D eigenvalue weighted by Crippen LogP contribution is -2.21. The highest BCUT2D eigenvalue weighted by Gasteiger charge is 2.23. The molecule has 21 heavy (non-hydrogen) atoms. The maximum Gasteiger partial charge on any atom is 0.254 e. The molecule has 0 N–H and O–H groups in total. The number of carbonyl (C=O) groups is 1. The predicted octanol–water partition coefficient (Wildman–Crippen LogP) is 3.45. The molecule has 1 amide bonds. The Balaban J connectivity index is 1.68. The summed E-state index contributed by atoms with van der Waals surface area (Å²) in [5, 5.41) is 0. The van der Waals surface area contributed by atoms with Crippen LogP contribution < -0.4 is 4.74 Å². The zero-order valence-corrected chi connectivity index (χ0v) is 12.2. The van der Waals surface area contributed by atoms with E-state index in [1.165, 1.54) is 29.5 Å². The third-order valence-corrected chi connectivity index (χ3v) is 3.54. The molecule has 0 atom stereocenters. The molecule has 4 heteroatoms. The molecule has 0 aliphatic heterocycles. The van der Waals surface area contributed by atoms with Gasteiger partial charge in [0.1, 0.15) is 5.75 Å². The first-order chi connectivity index (χ1) is 10.1. The van der Waals surface area contributed by atoms with Crippen LogP contribution in [-0.4, -0.2) is 29.9 Å². The summed E-state index contributed by atoms with van der Waals surface area (Å²) >= 11 is 0. The maximum absolute atomic E-state index is 11.8. The molecule has 0 spiro atoms. The van der Waals surface area contributed by atoms with E-state index in [1.54, 1.807) is 26.2 Å². The Kier molecular flexibility index (Phi) is 3.60. The molecule has 4 nitrogen and oxygen atoms in total. The molecule has 1 aromatic heterocycles. The van der Waals surface area contributed by atoms with E-state index in [4.69, 9.17) is 4.74 Å². The minimum atomic E-state index is -0.0668. The van der Waals surface area contributed by atoms with Gasteiger partial charge in [0.15, 0.2) is 0 Å². The fourth-order valence-corrected chi connectivity index (χ4v) is 2.17. The summed E-state index contributed by atoms with van der Waals surface area (Å²) in [5.74, 6) is 1.93. The van der Waals surface area contributed by atoms with Gasteiger partial charge in [-0.15, -0.1) is 0 Å².